The summed E-state index contributed by atoms with van der Waals surface area (Å²) in [6.07, 6.45) is 0. The average molecular weight is 289 g/mol. The van der Waals surface area contributed by atoms with Crippen LogP contribution in [0.15, 0.2) is 18.2 Å². The Labute approximate surface area is 115 Å². The summed E-state index contributed by atoms with van der Waals surface area (Å²) in [6.45, 7) is 1.97. The molecule has 0 aromatic heterocycles. The molecule has 1 aromatic rings. The van der Waals surface area contributed by atoms with Gasteiger partial charge >= 0.3 is 0 Å². The molecule has 0 spiro atoms. The van der Waals surface area contributed by atoms with Crippen LogP contribution in [-0.4, -0.2) is 42.2 Å². The second kappa shape index (κ2) is 5.89. The highest BCUT2D eigenvalue weighted by Gasteiger charge is 2.27. The molecule has 0 atom stereocenters. The van der Waals surface area contributed by atoms with E-state index in [1.54, 1.807) is 18.2 Å². The molecular weight excluding hydrogens is 275 g/mol. The molecule has 98 valence electrons. The largest absolute Gasteiger partial charge is 0.396 e. The van der Waals surface area contributed by atoms with Gasteiger partial charge in [-0.25, -0.2) is 0 Å². The lowest BCUT2D eigenvalue weighted by Gasteiger charge is -2.37. The number of carbonyl (C=O) groups excluding carboxylic acids is 1. The minimum absolute atomic E-state index is 0.151. The van der Waals surface area contributed by atoms with E-state index >= 15 is 0 Å². The highest BCUT2D eigenvalue weighted by atomic mass is 35.5. The summed E-state index contributed by atoms with van der Waals surface area (Å²) in [4.78, 5) is 13.7. The number of rotatable bonds is 4. The fourth-order valence-electron chi connectivity index (χ4n) is 1.92. The number of hydrogen-bond donors (Lipinski definition) is 2. The number of halogens is 2. The Morgan fingerprint density at radius 1 is 1.39 bits per heavy atom. The number of nitrogens with one attached hydrogen (secondary N) is 1. The minimum Gasteiger partial charge on any atom is -0.396 e. The van der Waals surface area contributed by atoms with Crippen LogP contribution in [0.4, 0.5) is 5.69 Å². The first-order valence-electron chi connectivity index (χ1n) is 5.67. The smallest absolute Gasteiger partial charge is 0.238 e. The van der Waals surface area contributed by atoms with E-state index in [-0.39, 0.29) is 19.1 Å². The van der Waals surface area contributed by atoms with Crippen molar-refractivity contribution in [2.45, 2.75) is 0 Å². The van der Waals surface area contributed by atoms with Gasteiger partial charge in [0, 0.05) is 25.6 Å². The van der Waals surface area contributed by atoms with Gasteiger partial charge in [-0.05, 0) is 12.1 Å². The number of likely N-dealkylation sites (tertiary alicyclic amines) is 1. The normalized spacial score (nSPS) is 16.4. The zero-order valence-electron chi connectivity index (χ0n) is 9.70. The van der Waals surface area contributed by atoms with Gasteiger partial charge in [0.2, 0.25) is 5.91 Å². The molecule has 1 saturated heterocycles. The number of nitrogens with zero attached hydrogens (tertiary/aromatic N) is 1. The van der Waals surface area contributed by atoms with Gasteiger partial charge in [0.1, 0.15) is 0 Å². The Bertz CT molecular complexity index is 427. The van der Waals surface area contributed by atoms with Crippen molar-refractivity contribution < 1.29 is 9.90 Å². The molecule has 1 fully saturated rings. The number of para-hydroxylation sites is 1. The first-order chi connectivity index (χ1) is 8.60. The van der Waals surface area contributed by atoms with Crippen molar-refractivity contribution in [1.29, 1.82) is 0 Å². The van der Waals surface area contributed by atoms with E-state index in [1.807, 2.05) is 4.90 Å². The Morgan fingerprint density at radius 2 is 2.00 bits per heavy atom. The van der Waals surface area contributed by atoms with Gasteiger partial charge in [0.05, 0.1) is 22.3 Å². The lowest BCUT2D eigenvalue weighted by atomic mass is 10.0. The van der Waals surface area contributed by atoms with Gasteiger partial charge < -0.3 is 10.4 Å². The molecule has 1 heterocycles. The van der Waals surface area contributed by atoms with Crippen molar-refractivity contribution in [3.05, 3.63) is 28.2 Å². The molecule has 0 aliphatic carbocycles. The fourth-order valence-corrected chi connectivity index (χ4v) is 2.41. The first-order valence-corrected chi connectivity index (χ1v) is 6.43. The first kappa shape index (κ1) is 13.6. The van der Waals surface area contributed by atoms with Crippen LogP contribution < -0.4 is 5.32 Å². The second-order valence-corrected chi connectivity index (χ2v) is 5.20. The minimum atomic E-state index is -0.151. The Hall–Kier alpha value is -0.810. The third kappa shape index (κ3) is 3.14. The molecule has 0 unspecified atom stereocenters. The second-order valence-electron chi connectivity index (χ2n) is 4.39. The number of anilines is 1. The van der Waals surface area contributed by atoms with E-state index < -0.39 is 0 Å². The topological polar surface area (TPSA) is 52.6 Å². The molecular formula is C12H14Cl2N2O2. The fraction of sp³-hybridized carbons (Fsp3) is 0.417. The standard InChI is InChI=1S/C12H14Cl2N2O2/c13-9-2-1-3-10(14)12(9)15-11(18)6-16-4-8(5-16)7-17/h1-3,8,17H,4-7H2,(H,15,18). The molecule has 2 N–H and O–H groups in total. The quantitative estimate of drug-likeness (QED) is 0.889. The van der Waals surface area contributed by atoms with Crippen molar-refractivity contribution in [1.82, 2.24) is 4.90 Å². The molecule has 0 saturated carbocycles. The molecule has 0 bridgehead atoms. The third-order valence-electron chi connectivity index (χ3n) is 2.89. The van der Waals surface area contributed by atoms with Gasteiger partial charge in [-0.15, -0.1) is 0 Å². The van der Waals surface area contributed by atoms with Crippen LogP contribution in [0.25, 0.3) is 0 Å². The maximum absolute atomic E-state index is 11.8. The molecule has 1 aliphatic heterocycles. The zero-order chi connectivity index (χ0) is 13.1. The summed E-state index contributed by atoms with van der Waals surface area (Å²) in [6, 6.07) is 5.07. The number of hydrogen-bond acceptors (Lipinski definition) is 3. The van der Waals surface area contributed by atoms with Crippen molar-refractivity contribution >= 4 is 34.8 Å². The van der Waals surface area contributed by atoms with Crippen molar-refractivity contribution in [3.63, 3.8) is 0 Å². The molecule has 1 amide bonds. The van der Waals surface area contributed by atoms with Crippen LogP contribution in [0.5, 0.6) is 0 Å². The molecule has 1 aromatic carbocycles. The Balaban J connectivity index is 1.88. The summed E-state index contributed by atoms with van der Waals surface area (Å²) >= 11 is 11.9. The van der Waals surface area contributed by atoms with Crippen LogP contribution in [0, 0.1) is 5.92 Å². The molecule has 0 radical (unpaired) electrons. The maximum Gasteiger partial charge on any atom is 0.238 e. The van der Waals surface area contributed by atoms with Crippen molar-refractivity contribution in [3.8, 4) is 0 Å². The van der Waals surface area contributed by atoms with Gasteiger partial charge in [0.15, 0.2) is 0 Å². The number of amides is 1. The van der Waals surface area contributed by atoms with Crippen molar-refractivity contribution in [2.24, 2.45) is 5.92 Å². The molecule has 2 rings (SSSR count). The molecule has 1 aliphatic rings. The SMILES string of the molecule is O=C(CN1CC(CO)C1)Nc1c(Cl)cccc1Cl. The molecule has 6 heteroatoms. The molecule has 18 heavy (non-hydrogen) atoms. The lowest BCUT2D eigenvalue weighted by molar-refractivity contribution is -0.119. The van der Waals surface area contributed by atoms with E-state index in [4.69, 9.17) is 28.3 Å². The number of aliphatic hydroxyl groups is 1. The predicted octanol–water partition coefficient (Wildman–Crippen LogP) is 1.86. The summed E-state index contributed by atoms with van der Waals surface area (Å²) in [5.41, 5.74) is 0.449. The summed E-state index contributed by atoms with van der Waals surface area (Å²) in [5.74, 6) is 0.142. The number of carbonyl (C=O) groups is 1. The lowest BCUT2D eigenvalue weighted by Crippen LogP contribution is -2.51. The van der Waals surface area contributed by atoms with Gasteiger partial charge in [-0.2, -0.15) is 0 Å². The van der Waals surface area contributed by atoms with E-state index in [1.165, 1.54) is 0 Å². The van der Waals surface area contributed by atoms with Gasteiger partial charge in [0.25, 0.3) is 0 Å². The average Bonchev–Trinajstić information content (AvgIpc) is 2.28. The van der Waals surface area contributed by atoms with Crippen molar-refractivity contribution in [2.75, 3.05) is 31.6 Å². The third-order valence-corrected chi connectivity index (χ3v) is 3.52. The van der Waals surface area contributed by atoms with Crippen LogP contribution in [0.2, 0.25) is 10.0 Å². The van der Waals surface area contributed by atoms with Gasteiger partial charge in [-0.3, -0.25) is 9.69 Å². The van der Waals surface area contributed by atoms with E-state index in [0.717, 1.165) is 13.1 Å². The number of benzene rings is 1. The molecule has 4 nitrogen and oxygen atoms in total. The van der Waals surface area contributed by atoms with Crippen LogP contribution in [-0.2, 0) is 4.79 Å². The highest BCUT2D eigenvalue weighted by molar-refractivity contribution is 6.39. The predicted molar refractivity (Wildman–Crippen MR) is 72.1 cm³/mol. The Kier molecular flexibility index (Phi) is 4.45. The summed E-state index contributed by atoms with van der Waals surface area (Å²) in [5, 5.41) is 12.4. The van der Waals surface area contributed by atoms with E-state index in [2.05, 4.69) is 5.32 Å². The maximum atomic E-state index is 11.8. The highest BCUT2D eigenvalue weighted by Crippen LogP contribution is 2.29. The summed E-state index contributed by atoms with van der Waals surface area (Å²) < 4.78 is 0. The zero-order valence-corrected chi connectivity index (χ0v) is 11.2. The van der Waals surface area contributed by atoms with Crippen LogP contribution >= 0.6 is 23.2 Å². The van der Waals surface area contributed by atoms with E-state index in [0.29, 0.717) is 21.7 Å². The summed E-state index contributed by atoms with van der Waals surface area (Å²) in [7, 11) is 0. The van der Waals surface area contributed by atoms with E-state index in [9.17, 15) is 4.79 Å². The number of aliphatic hydroxyl groups excluding tert-OH is 1. The Morgan fingerprint density at radius 3 is 2.56 bits per heavy atom. The monoisotopic (exact) mass is 288 g/mol. The van der Waals surface area contributed by atoms with Crippen LogP contribution in [0.1, 0.15) is 0 Å². The van der Waals surface area contributed by atoms with Gasteiger partial charge in [-0.1, -0.05) is 29.3 Å². The van der Waals surface area contributed by atoms with Crippen LogP contribution in [0.3, 0.4) is 0 Å².